The molecule has 3 aliphatic carbocycles. The van der Waals surface area contributed by atoms with E-state index in [1.165, 1.54) is 35.9 Å². The summed E-state index contributed by atoms with van der Waals surface area (Å²) in [5.74, 6) is -1.98. The SMILES string of the molecule is CSc1ccc2nc(C3C(=O)c4cc5cc6c(cc5cc4C3=O)C(=O)N(c3ccc(OCC4CCCCC4)cc3C3=CC=CC3)C6=O)[nH]c(=O)c2c1. The largest absolute Gasteiger partial charge is 0.493 e. The zero-order valence-corrected chi connectivity index (χ0v) is 29.2. The van der Waals surface area contributed by atoms with Crippen LogP contribution in [0.2, 0.25) is 0 Å². The van der Waals surface area contributed by atoms with Gasteiger partial charge in [-0.1, -0.05) is 37.5 Å². The highest BCUT2D eigenvalue weighted by atomic mass is 32.2. The van der Waals surface area contributed by atoms with Gasteiger partial charge in [0.1, 0.15) is 17.5 Å². The maximum atomic E-state index is 14.1. The number of imide groups is 1. The topological polar surface area (TPSA) is 126 Å². The number of hydrogen-bond acceptors (Lipinski definition) is 8. The molecule has 0 saturated heterocycles. The summed E-state index contributed by atoms with van der Waals surface area (Å²) in [5, 5.41) is 1.46. The Morgan fingerprint density at radius 3 is 2.15 bits per heavy atom. The van der Waals surface area contributed by atoms with Crippen molar-refractivity contribution >= 4 is 68.1 Å². The lowest BCUT2D eigenvalue weighted by Crippen LogP contribution is -2.30. The van der Waals surface area contributed by atoms with E-state index in [0.29, 0.717) is 52.1 Å². The molecule has 258 valence electrons. The standard InChI is InChI=1S/C42H33N3O6S/c1-52-27-12-13-34-33(20-27)40(48)44-39(43-34)36-37(46)29-15-24-17-31-32(18-25(24)16-30(29)38(36)47)42(50)45(41(31)49)35-14-11-26(19-28(35)23-9-5-6-10-23)51-21-22-7-3-2-4-8-22/h5-6,9,11-20,22,36H,2-4,7-8,10,21H2,1H3,(H,43,44,48). The van der Waals surface area contributed by atoms with Crippen molar-refractivity contribution in [2.75, 3.05) is 17.8 Å². The molecule has 2 heterocycles. The van der Waals surface area contributed by atoms with E-state index in [1.54, 1.807) is 42.5 Å². The molecular weight excluding hydrogens is 675 g/mol. The van der Waals surface area contributed by atoms with Gasteiger partial charge in [0.2, 0.25) is 0 Å². The average molecular weight is 708 g/mol. The van der Waals surface area contributed by atoms with Crippen LogP contribution in [0.15, 0.2) is 88.6 Å². The number of nitrogens with one attached hydrogen (secondary N) is 1. The van der Waals surface area contributed by atoms with Gasteiger partial charge in [0, 0.05) is 21.6 Å². The molecule has 1 saturated carbocycles. The molecule has 1 fully saturated rings. The molecular formula is C42H33N3O6S. The molecule has 0 spiro atoms. The van der Waals surface area contributed by atoms with Gasteiger partial charge in [-0.05, 0) is 108 Å². The molecule has 0 unspecified atom stereocenters. The maximum Gasteiger partial charge on any atom is 0.266 e. The predicted octanol–water partition coefficient (Wildman–Crippen LogP) is 8.06. The third kappa shape index (κ3) is 5.23. The fourth-order valence-corrected chi connectivity index (χ4v) is 8.45. The van der Waals surface area contributed by atoms with Gasteiger partial charge in [-0.25, -0.2) is 9.88 Å². The van der Waals surface area contributed by atoms with Crippen molar-refractivity contribution in [3.8, 4) is 5.75 Å². The van der Waals surface area contributed by atoms with Gasteiger partial charge in [-0.2, -0.15) is 0 Å². The van der Waals surface area contributed by atoms with Gasteiger partial charge < -0.3 is 9.72 Å². The molecule has 4 aliphatic rings. The highest BCUT2D eigenvalue weighted by Gasteiger charge is 2.43. The Morgan fingerprint density at radius 2 is 1.50 bits per heavy atom. The fourth-order valence-electron chi connectivity index (χ4n) is 8.01. The molecule has 4 aromatic carbocycles. The number of fused-ring (bicyclic) bond motifs is 4. The normalized spacial score (nSPS) is 17.5. The van der Waals surface area contributed by atoms with Crippen LogP contribution in [0.4, 0.5) is 5.69 Å². The first-order chi connectivity index (χ1) is 25.3. The molecule has 52 heavy (non-hydrogen) atoms. The van der Waals surface area contributed by atoms with Gasteiger partial charge in [-0.3, -0.25) is 24.0 Å². The van der Waals surface area contributed by atoms with Crippen molar-refractivity contribution in [3.63, 3.8) is 0 Å². The lowest BCUT2D eigenvalue weighted by molar-refractivity contribution is 0.0880. The molecule has 1 aliphatic heterocycles. The smallest absolute Gasteiger partial charge is 0.266 e. The van der Waals surface area contributed by atoms with Crippen LogP contribution in [0.3, 0.4) is 0 Å². The second-order valence-corrected chi connectivity index (χ2v) is 14.8. The van der Waals surface area contributed by atoms with E-state index < -0.39 is 34.9 Å². The van der Waals surface area contributed by atoms with Crippen molar-refractivity contribution in [1.29, 1.82) is 0 Å². The highest BCUT2D eigenvalue weighted by Crippen LogP contribution is 2.41. The number of aromatic amines is 1. The van der Waals surface area contributed by atoms with Gasteiger partial charge >= 0.3 is 0 Å². The Labute approximate surface area is 302 Å². The molecule has 5 aromatic rings. The number of nitrogens with zero attached hydrogens (tertiary/aromatic N) is 2. The zero-order chi connectivity index (χ0) is 35.7. The van der Waals surface area contributed by atoms with E-state index in [-0.39, 0.29) is 28.1 Å². The summed E-state index contributed by atoms with van der Waals surface area (Å²) >= 11 is 1.49. The first-order valence-electron chi connectivity index (χ1n) is 17.6. The Kier molecular flexibility index (Phi) is 7.80. The Hall–Kier alpha value is -5.61. The molecule has 10 heteroatoms. The number of Topliss-reactive ketones (excluding diaryl/α,β-unsaturated/α-hetero) is 2. The molecule has 1 aromatic heterocycles. The number of carbonyl (C=O) groups is 4. The van der Waals surface area contributed by atoms with Crippen LogP contribution < -0.4 is 15.2 Å². The minimum atomic E-state index is -1.30. The summed E-state index contributed by atoms with van der Waals surface area (Å²) in [4.78, 5) is 78.0. The number of ether oxygens (including phenoxy) is 1. The van der Waals surface area contributed by atoms with Gasteiger partial charge in [0.25, 0.3) is 17.4 Å². The van der Waals surface area contributed by atoms with E-state index >= 15 is 0 Å². The third-order valence-corrected chi connectivity index (χ3v) is 11.5. The molecule has 2 amide bonds. The lowest BCUT2D eigenvalue weighted by Gasteiger charge is -2.23. The van der Waals surface area contributed by atoms with Gasteiger partial charge in [0.15, 0.2) is 11.6 Å². The minimum Gasteiger partial charge on any atom is -0.493 e. The number of rotatable bonds is 7. The summed E-state index contributed by atoms with van der Waals surface area (Å²) in [5.41, 5.74) is 2.99. The Balaban J connectivity index is 1.04. The van der Waals surface area contributed by atoms with E-state index in [0.717, 1.165) is 28.9 Å². The lowest BCUT2D eigenvalue weighted by atomic mass is 9.90. The molecule has 9 rings (SSSR count). The van der Waals surface area contributed by atoms with E-state index in [1.807, 2.05) is 42.7 Å². The number of carbonyl (C=O) groups excluding carboxylic acids is 4. The molecule has 0 bridgehead atoms. The fraction of sp³-hybridized carbons (Fsp3) is 0.238. The molecule has 0 atom stereocenters. The summed E-state index contributed by atoms with van der Waals surface area (Å²) < 4.78 is 6.24. The number of allylic oxidation sites excluding steroid dienone is 4. The molecule has 9 nitrogen and oxygen atoms in total. The van der Waals surface area contributed by atoms with E-state index in [4.69, 9.17) is 4.74 Å². The van der Waals surface area contributed by atoms with Crippen LogP contribution in [-0.2, 0) is 0 Å². The highest BCUT2D eigenvalue weighted by molar-refractivity contribution is 7.98. The van der Waals surface area contributed by atoms with Crippen LogP contribution in [0.1, 0.15) is 97.3 Å². The van der Waals surface area contributed by atoms with Crippen LogP contribution in [-0.4, -0.2) is 46.2 Å². The summed E-state index contributed by atoms with van der Waals surface area (Å²) in [6, 6.07) is 17.2. The van der Waals surface area contributed by atoms with E-state index in [2.05, 4.69) is 9.97 Å². The van der Waals surface area contributed by atoms with Crippen molar-refractivity contribution < 1.29 is 23.9 Å². The van der Waals surface area contributed by atoms with Gasteiger partial charge in [-0.15, -0.1) is 11.8 Å². The van der Waals surface area contributed by atoms with Crippen LogP contribution in [0, 0.1) is 5.92 Å². The number of aromatic nitrogens is 2. The van der Waals surface area contributed by atoms with Crippen molar-refractivity contribution in [2.45, 2.75) is 49.3 Å². The molecule has 1 N–H and O–H groups in total. The van der Waals surface area contributed by atoms with Crippen LogP contribution in [0.5, 0.6) is 5.75 Å². The number of thioether (sulfide) groups is 1. The monoisotopic (exact) mass is 707 g/mol. The number of anilines is 1. The number of benzene rings is 4. The number of amides is 2. The number of hydrogen-bond donors (Lipinski definition) is 1. The zero-order valence-electron chi connectivity index (χ0n) is 28.4. The average Bonchev–Trinajstić information content (AvgIpc) is 3.85. The minimum absolute atomic E-state index is 0.0121. The Bertz CT molecular complexity index is 2470. The Morgan fingerprint density at radius 1 is 0.808 bits per heavy atom. The summed E-state index contributed by atoms with van der Waals surface area (Å²) in [7, 11) is 0. The summed E-state index contributed by atoms with van der Waals surface area (Å²) in [6.07, 6.45) is 14.6. The van der Waals surface area contributed by atoms with Crippen LogP contribution in [0.25, 0.3) is 27.2 Å². The molecule has 0 radical (unpaired) electrons. The van der Waals surface area contributed by atoms with Crippen LogP contribution >= 0.6 is 11.8 Å². The van der Waals surface area contributed by atoms with Crippen molar-refractivity contribution in [2.24, 2.45) is 5.92 Å². The third-order valence-electron chi connectivity index (χ3n) is 10.8. The van der Waals surface area contributed by atoms with Crippen molar-refractivity contribution in [1.82, 2.24) is 9.97 Å². The second kappa shape index (κ2) is 12.6. The summed E-state index contributed by atoms with van der Waals surface area (Å²) in [6.45, 7) is 0.640. The number of ketones is 2. The van der Waals surface area contributed by atoms with Crippen molar-refractivity contribution in [3.05, 3.63) is 123 Å². The first kappa shape index (κ1) is 32.3. The van der Waals surface area contributed by atoms with E-state index in [9.17, 15) is 24.0 Å². The second-order valence-electron chi connectivity index (χ2n) is 13.9. The number of H-pyrrole nitrogens is 1. The predicted molar refractivity (Wildman–Crippen MR) is 201 cm³/mol. The first-order valence-corrected chi connectivity index (χ1v) is 18.8. The maximum absolute atomic E-state index is 14.1. The quantitative estimate of drug-likeness (QED) is 0.102. The van der Waals surface area contributed by atoms with Gasteiger partial charge in [0.05, 0.1) is 34.3 Å².